The third-order valence-corrected chi connectivity index (χ3v) is 5.54. The van der Waals surface area contributed by atoms with Crippen molar-refractivity contribution in [1.82, 2.24) is 30.0 Å². The van der Waals surface area contributed by atoms with Gasteiger partial charge in [-0.3, -0.25) is 14.5 Å². The van der Waals surface area contributed by atoms with Crippen LogP contribution in [0.25, 0.3) is 0 Å². The average Bonchev–Trinajstić information content (AvgIpc) is 3.12. The molecular formula is C13H15N6NaO5S. The van der Waals surface area contributed by atoms with Gasteiger partial charge in [0.25, 0.3) is 5.91 Å². The van der Waals surface area contributed by atoms with Gasteiger partial charge < -0.3 is 14.7 Å². The number of aryl methyl sites for hydroxylation is 1. The summed E-state index contributed by atoms with van der Waals surface area (Å²) in [5.74, 6) is -1.51. The summed E-state index contributed by atoms with van der Waals surface area (Å²) in [6, 6.07) is -1.07. The molecule has 3 aliphatic rings. The topological polar surface area (TPSA) is 131 Å². The third-order valence-electron chi connectivity index (χ3n) is 4.52. The second-order valence-corrected chi connectivity index (χ2v) is 6.86. The Morgan fingerprint density at radius 1 is 1.42 bits per heavy atom. The van der Waals surface area contributed by atoms with E-state index in [1.807, 2.05) is 0 Å². The van der Waals surface area contributed by atoms with E-state index in [0.717, 1.165) is 0 Å². The Labute approximate surface area is 174 Å². The molecule has 1 aromatic heterocycles. The van der Waals surface area contributed by atoms with E-state index in [2.05, 4.69) is 15.5 Å². The SMILES string of the molecule is CC(=O)N1C[C@H]2OC(CSc3nnnn3C)=C(C(=O)O)N3C(=O)[C@@H]1[C@@H]23.[NaH]. The van der Waals surface area contributed by atoms with Gasteiger partial charge in [-0.1, -0.05) is 11.8 Å². The molecule has 0 saturated carbocycles. The maximum atomic E-state index is 12.5. The molecular weight excluding hydrogens is 375 g/mol. The zero-order valence-electron chi connectivity index (χ0n) is 13.3. The molecule has 0 aromatic carbocycles. The number of ether oxygens (including phenoxy) is 1. The van der Waals surface area contributed by atoms with Crippen molar-refractivity contribution in [1.29, 1.82) is 0 Å². The summed E-state index contributed by atoms with van der Waals surface area (Å²) >= 11 is 1.21. The maximum absolute atomic E-state index is 12.5. The van der Waals surface area contributed by atoms with Crippen LogP contribution in [0.5, 0.6) is 0 Å². The van der Waals surface area contributed by atoms with Crippen LogP contribution in [0.1, 0.15) is 6.92 Å². The summed E-state index contributed by atoms with van der Waals surface area (Å²) in [5.41, 5.74) is -0.171. The van der Waals surface area contributed by atoms with Crippen LogP contribution in [0.15, 0.2) is 16.6 Å². The van der Waals surface area contributed by atoms with Crippen molar-refractivity contribution in [3.8, 4) is 0 Å². The molecule has 3 aliphatic heterocycles. The first-order valence-corrected chi connectivity index (χ1v) is 8.47. The Hall–Kier alpha value is -1.63. The summed E-state index contributed by atoms with van der Waals surface area (Å²) in [5, 5.41) is 21.1. The van der Waals surface area contributed by atoms with Crippen LogP contribution in [0, 0.1) is 0 Å². The minimum absolute atomic E-state index is 0. The minimum atomic E-state index is -1.24. The van der Waals surface area contributed by atoms with Gasteiger partial charge in [0.05, 0.1) is 12.3 Å². The second-order valence-electron chi connectivity index (χ2n) is 5.92. The number of aromatic nitrogens is 4. The van der Waals surface area contributed by atoms with Gasteiger partial charge in [0.15, 0.2) is 5.70 Å². The predicted molar refractivity (Wildman–Crippen MR) is 88.0 cm³/mol. The number of carboxylic acid groups (broad SMARTS) is 1. The van der Waals surface area contributed by atoms with E-state index in [-0.39, 0.29) is 65.1 Å². The monoisotopic (exact) mass is 390 g/mol. The van der Waals surface area contributed by atoms with E-state index >= 15 is 0 Å². The number of likely N-dealkylation sites (tertiary alicyclic amines) is 1. The second kappa shape index (κ2) is 6.83. The number of carboxylic acids is 1. The van der Waals surface area contributed by atoms with E-state index in [4.69, 9.17) is 4.74 Å². The molecule has 0 spiro atoms. The quantitative estimate of drug-likeness (QED) is 0.345. The molecule has 4 heterocycles. The van der Waals surface area contributed by atoms with Crippen molar-refractivity contribution >= 4 is 59.1 Å². The normalized spacial score (nSPS) is 26.1. The summed E-state index contributed by atoms with van der Waals surface area (Å²) < 4.78 is 7.32. The standard InChI is InChI=1S/C13H14N6O5S.Na.H/c1-5(20)18-3-6-8-10(18)11(21)19(8)9(12(22)23)7(24-6)4-25-13-14-15-16-17(13)2;;/h6,8,10H,3-4H2,1-2H3,(H,22,23);;/t6-,8-,10+;;/m1../s1. The van der Waals surface area contributed by atoms with Gasteiger partial charge in [-0.2, -0.15) is 0 Å². The van der Waals surface area contributed by atoms with Crippen LogP contribution >= 0.6 is 11.8 Å². The average molecular weight is 390 g/mol. The summed E-state index contributed by atoms with van der Waals surface area (Å²) in [4.78, 5) is 38.6. The zero-order chi connectivity index (χ0) is 17.9. The fourth-order valence-corrected chi connectivity index (χ4v) is 4.24. The number of carbonyl (C=O) groups excluding carboxylic acids is 2. The molecule has 0 unspecified atom stereocenters. The molecule has 2 fully saturated rings. The number of aliphatic carboxylic acids is 1. The summed E-state index contributed by atoms with van der Waals surface area (Å²) in [6.45, 7) is 1.65. The van der Waals surface area contributed by atoms with E-state index in [1.54, 1.807) is 7.05 Å². The molecule has 26 heavy (non-hydrogen) atoms. The van der Waals surface area contributed by atoms with Gasteiger partial charge in [-0.15, -0.1) is 5.10 Å². The summed E-state index contributed by atoms with van der Waals surface area (Å²) in [6.07, 6.45) is -0.428. The number of hydrogen-bond donors (Lipinski definition) is 1. The number of tetrazole rings is 1. The Balaban J connectivity index is 0.00000196. The molecule has 0 radical (unpaired) electrons. The van der Waals surface area contributed by atoms with Crippen LogP contribution in [0.2, 0.25) is 0 Å². The van der Waals surface area contributed by atoms with E-state index in [9.17, 15) is 19.5 Å². The van der Waals surface area contributed by atoms with Crippen molar-refractivity contribution in [3.05, 3.63) is 11.5 Å². The number of carbonyl (C=O) groups is 3. The molecule has 1 aromatic rings. The Morgan fingerprint density at radius 3 is 2.73 bits per heavy atom. The molecule has 2 saturated heterocycles. The van der Waals surface area contributed by atoms with Gasteiger partial charge in [0, 0.05) is 14.0 Å². The number of rotatable bonds is 4. The van der Waals surface area contributed by atoms with Crippen molar-refractivity contribution in [3.63, 3.8) is 0 Å². The fraction of sp³-hybridized carbons (Fsp3) is 0.538. The van der Waals surface area contributed by atoms with Crippen molar-refractivity contribution < 1.29 is 24.2 Å². The van der Waals surface area contributed by atoms with Crippen LogP contribution < -0.4 is 0 Å². The molecule has 13 heteroatoms. The third kappa shape index (κ3) is 2.71. The molecule has 4 rings (SSSR count). The number of hydrogen-bond acceptors (Lipinski definition) is 8. The molecule has 11 nitrogen and oxygen atoms in total. The van der Waals surface area contributed by atoms with Crippen LogP contribution in [0.3, 0.4) is 0 Å². The van der Waals surface area contributed by atoms with Gasteiger partial charge in [-0.25, -0.2) is 9.48 Å². The van der Waals surface area contributed by atoms with E-state index in [0.29, 0.717) is 5.16 Å². The molecule has 1 N–H and O–H groups in total. The van der Waals surface area contributed by atoms with Gasteiger partial charge >= 0.3 is 35.5 Å². The number of nitrogens with zero attached hydrogens (tertiary/aromatic N) is 6. The van der Waals surface area contributed by atoms with E-state index in [1.165, 1.54) is 33.2 Å². The predicted octanol–water partition coefficient (Wildman–Crippen LogP) is -2.21. The van der Waals surface area contributed by atoms with Crippen molar-refractivity contribution in [2.45, 2.75) is 30.3 Å². The molecule has 3 atom stereocenters. The summed E-state index contributed by atoms with van der Waals surface area (Å²) in [7, 11) is 1.66. The first-order valence-electron chi connectivity index (χ1n) is 7.48. The first-order chi connectivity index (χ1) is 11.9. The Bertz CT molecular complexity index is 828. The van der Waals surface area contributed by atoms with Gasteiger partial charge in [0.2, 0.25) is 11.1 Å². The van der Waals surface area contributed by atoms with Crippen molar-refractivity contribution in [2.24, 2.45) is 7.05 Å². The molecule has 0 bridgehead atoms. The van der Waals surface area contributed by atoms with Crippen molar-refractivity contribution in [2.75, 3.05) is 12.3 Å². The number of amides is 2. The number of thioether (sulfide) groups is 1. The van der Waals surface area contributed by atoms with E-state index < -0.39 is 24.2 Å². The Kier molecular flexibility index (Phi) is 5.03. The van der Waals surface area contributed by atoms with Crippen LogP contribution in [-0.2, 0) is 26.2 Å². The molecule has 134 valence electrons. The first kappa shape index (κ1) is 19.1. The zero-order valence-corrected chi connectivity index (χ0v) is 14.1. The van der Waals surface area contributed by atoms with Gasteiger partial charge in [0.1, 0.15) is 23.9 Å². The van der Waals surface area contributed by atoms with Crippen LogP contribution in [0.4, 0.5) is 0 Å². The molecule has 0 aliphatic carbocycles. The van der Waals surface area contributed by atoms with Crippen LogP contribution in [-0.4, -0.2) is 113 Å². The number of β-lactam (4-membered cyclic amide) rings is 1. The molecule has 2 amide bonds. The van der Waals surface area contributed by atoms with Gasteiger partial charge in [-0.05, 0) is 10.4 Å². The Morgan fingerprint density at radius 2 is 2.15 bits per heavy atom. The fourth-order valence-electron chi connectivity index (χ4n) is 3.46.